The number of urea groups is 1. The Labute approximate surface area is 165 Å². The van der Waals surface area contributed by atoms with Gasteiger partial charge in [0.25, 0.3) is 0 Å². The first-order valence-corrected chi connectivity index (χ1v) is 9.83. The summed E-state index contributed by atoms with van der Waals surface area (Å²) >= 11 is 0. The maximum absolute atomic E-state index is 12.9. The van der Waals surface area contributed by atoms with Crippen LogP contribution in [0, 0.1) is 6.92 Å². The summed E-state index contributed by atoms with van der Waals surface area (Å²) in [6.07, 6.45) is 0. The monoisotopic (exact) mass is 377 g/mol. The van der Waals surface area contributed by atoms with E-state index in [1.165, 1.54) is 5.56 Å². The third kappa shape index (κ3) is 3.73. The van der Waals surface area contributed by atoms with Crippen LogP contribution >= 0.6 is 0 Å². The summed E-state index contributed by atoms with van der Waals surface area (Å²) in [5.74, 6) is 0.970. The number of hydrogen-bond donors (Lipinski definition) is 1. The Morgan fingerprint density at radius 1 is 1.11 bits per heavy atom. The molecule has 0 radical (unpaired) electrons. The van der Waals surface area contributed by atoms with Crippen molar-refractivity contribution in [2.75, 3.05) is 33.2 Å². The molecule has 1 fully saturated rings. The SMILES string of the molecule is Cc1nc2ccccc2n1CCNC(=O)N1CCN(C)CC1c1ccccc1. The molecule has 2 heterocycles. The summed E-state index contributed by atoms with van der Waals surface area (Å²) in [5.41, 5.74) is 3.28. The molecule has 28 heavy (non-hydrogen) atoms. The quantitative estimate of drug-likeness (QED) is 0.760. The van der Waals surface area contributed by atoms with E-state index in [4.69, 9.17) is 0 Å². The third-order valence-electron chi connectivity index (χ3n) is 5.49. The first-order chi connectivity index (χ1) is 13.6. The van der Waals surface area contributed by atoms with Gasteiger partial charge in [-0.2, -0.15) is 0 Å². The van der Waals surface area contributed by atoms with Gasteiger partial charge in [0.05, 0.1) is 17.1 Å². The lowest BCUT2D eigenvalue weighted by Crippen LogP contribution is -2.52. The minimum atomic E-state index is 0.00373. The van der Waals surface area contributed by atoms with Gasteiger partial charge in [0.1, 0.15) is 5.82 Å². The molecule has 1 atom stereocenters. The molecule has 1 N–H and O–H groups in total. The molecular weight excluding hydrogens is 350 g/mol. The largest absolute Gasteiger partial charge is 0.336 e. The van der Waals surface area contributed by atoms with Gasteiger partial charge in [0, 0.05) is 32.7 Å². The molecular formula is C22H27N5O. The highest BCUT2D eigenvalue weighted by molar-refractivity contribution is 5.76. The number of rotatable bonds is 4. The van der Waals surface area contributed by atoms with Gasteiger partial charge in [-0.1, -0.05) is 42.5 Å². The number of amides is 2. The number of carbonyl (C=O) groups excluding carboxylic acids is 1. The molecule has 3 aromatic rings. The second kappa shape index (κ2) is 8.02. The molecule has 1 saturated heterocycles. The molecule has 6 nitrogen and oxygen atoms in total. The van der Waals surface area contributed by atoms with Crippen molar-refractivity contribution in [1.82, 2.24) is 24.7 Å². The lowest BCUT2D eigenvalue weighted by atomic mass is 10.0. The van der Waals surface area contributed by atoms with Crippen molar-refractivity contribution in [3.8, 4) is 0 Å². The van der Waals surface area contributed by atoms with Crippen LogP contribution in [-0.4, -0.2) is 58.6 Å². The van der Waals surface area contributed by atoms with Crippen LogP contribution in [0.4, 0.5) is 4.79 Å². The van der Waals surface area contributed by atoms with Crippen molar-refractivity contribution in [1.29, 1.82) is 0 Å². The van der Waals surface area contributed by atoms with Crippen molar-refractivity contribution in [2.24, 2.45) is 0 Å². The van der Waals surface area contributed by atoms with E-state index in [1.807, 2.05) is 48.2 Å². The Morgan fingerprint density at radius 2 is 1.86 bits per heavy atom. The smallest absolute Gasteiger partial charge is 0.318 e. The summed E-state index contributed by atoms with van der Waals surface area (Å²) < 4.78 is 2.16. The Bertz CT molecular complexity index is 952. The van der Waals surface area contributed by atoms with Gasteiger partial charge in [0.2, 0.25) is 0 Å². The molecule has 1 aliphatic heterocycles. The first-order valence-electron chi connectivity index (χ1n) is 9.83. The zero-order chi connectivity index (χ0) is 19.5. The van der Waals surface area contributed by atoms with Crippen LogP contribution in [0.25, 0.3) is 11.0 Å². The Balaban J connectivity index is 1.43. The lowest BCUT2D eigenvalue weighted by Gasteiger charge is -2.40. The van der Waals surface area contributed by atoms with Crippen LogP contribution in [0.1, 0.15) is 17.4 Å². The van der Waals surface area contributed by atoms with Crippen LogP contribution in [0.3, 0.4) is 0 Å². The van der Waals surface area contributed by atoms with Gasteiger partial charge in [-0.3, -0.25) is 0 Å². The van der Waals surface area contributed by atoms with E-state index in [-0.39, 0.29) is 12.1 Å². The van der Waals surface area contributed by atoms with Gasteiger partial charge >= 0.3 is 6.03 Å². The van der Waals surface area contributed by atoms with Crippen LogP contribution in [0.15, 0.2) is 54.6 Å². The maximum atomic E-state index is 12.9. The average molecular weight is 377 g/mol. The number of nitrogens with zero attached hydrogens (tertiary/aromatic N) is 4. The van der Waals surface area contributed by atoms with E-state index in [2.05, 4.69) is 45.0 Å². The molecule has 1 aliphatic rings. The lowest BCUT2D eigenvalue weighted by molar-refractivity contribution is 0.109. The summed E-state index contributed by atoms with van der Waals surface area (Å²) in [6.45, 7) is 5.77. The zero-order valence-corrected chi connectivity index (χ0v) is 16.5. The fraction of sp³-hybridized carbons (Fsp3) is 0.364. The summed E-state index contributed by atoms with van der Waals surface area (Å²) in [4.78, 5) is 21.8. The van der Waals surface area contributed by atoms with Gasteiger partial charge in [-0.05, 0) is 31.7 Å². The molecule has 0 spiro atoms. The predicted octanol–water partition coefficient (Wildman–Crippen LogP) is 3.04. The number of benzene rings is 2. The van der Waals surface area contributed by atoms with E-state index in [9.17, 15) is 4.79 Å². The molecule has 0 saturated carbocycles. The highest BCUT2D eigenvalue weighted by atomic mass is 16.2. The fourth-order valence-electron chi connectivity index (χ4n) is 3.98. The average Bonchev–Trinajstić information content (AvgIpc) is 3.04. The molecule has 1 aromatic heterocycles. The van der Waals surface area contributed by atoms with Crippen LogP contribution in [-0.2, 0) is 6.54 Å². The number of carbonyl (C=O) groups is 1. The highest BCUT2D eigenvalue weighted by Gasteiger charge is 2.30. The van der Waals surface area contributed by atoms with Gasteiger partial charge in [-0.25, -0.2) is 9.78 Å². The van der Waals surface area contributed by atoms with Gasteiger partial charge < -0.3 is 19.7 Å². The number of fused-ring (bicyclic) bond motifs is 1. The normalized spacial score (nSPS) is 17.8. The van der Waals surface area contributed by atoms with E-state index >= 15 is 0 Å². The number of likely N-dealkylation sites (N-methyl/N-ethyl adjacent to an activating group) is 1. The summed E-state index contributed by atoms with van der Waals surface area (Å²) in [6, 6.07) is 18.5. The highest BCUT2D eigenvalue weighted by Crippen LogP contribution is 2.24. The third-order valence-corrected chi connectivity index (χ3v) is 5.49. The van der Waals surface area contributed by atoms with Crippen LogP contribution < -0.4 is 5.32 Å². The maximum Gasteiger partial charge on any atom is 0.318 e. The van der Waals surface area contributed by atoms with Gasteiger partial charge in [-0.15, -0.1) is 0 Å². The number of imidazole rings is 1. The van der Waals surface area contributed by atoms with Crippen LogP contribution in [0.5, 0.6) is 0 Å². The number of aryl methyl sites for hydroxylation is 1. The van der Waals surface area contributed by atoms with Crippen molar-refractivity contribution >= 4 is 17.1 Å². The Kier molecular flexibility index (Phi) is 5.30. The van der Waals surface area contributed by atoms with Crippen molar-refractivity contribution in [2.45, 2.75) is 19.5 Å². The standard InChI is InChI=1S/C22H27N5O/c1-17-24-19-10-6-7-11-20(19)26(17)13-12-23-22(28)27-15-14-25(2)16-21(27)18-8-4-3-5-9-18/h3-11,21H,12-16H2,1-2H3,(H,23,28). The minimum Gasteiger partial charge on any atom is -0.336 e. The van der Waals surface area contributed by atoms with Crippen molar-refractivity contribution < 1.29 is 4.79 Å². The Hall–Kier alpha value is -2.86. The molecule has 0 bridgehead atoms. The molecule has 0 aliphatic carbocycles. The first kappa shape index (κ1) is 18.5. The number of hydrogen-bond acceptors (Lipinski definition) is 3. The van der Waals surface area contributed by atoms with E-state index < -0.39 is 0 Å². The minimum absolute atomic E-state index is 0.00373. The molecule has 6 heteroatoms. The number of para-hydroxylation sites is 2. The van der Waals surface area contributed by atoms with Gasteiger partial charge in [0.15, 0.2) is 0 Å². The predicted molar refractivity (Wildman–Crippen MR) is 111 cm³/mol. The number of piperazine rings is 1. The fourth-order valence-corrected chi connectivity index (χ4v) is 3.98. The van der Waals surface area contributed by atoms with E-state index in [0.717, 1.165) is 36.5 Å². The molecule has 2 amide bonds. The number of aromatic nitrogens is 2. The Morgan fingerprint density at radius 3 is 2.68 bits per heavy atom. The van der Waals surface area contributed by atoms with Crippen LogP contribution in [0.2, 0.25) is 0 Å². The second-order valence-corrected chi connectivity index (χ2v) is 7.41. The molecule has 146 valence electrons. The molecule has 1 unspecified atom stereocenters. The van der Waals surface area contributed by atoms with Crippen molar-refractivity contribution in [3.63, 3.8) is 0 Å². The topological polar surface area (TPSA) is 53.4 Å². The summed E-state index contributed by atoms with van der Waals surface area (Å²) in [7, 11) is 2.11. The molecule has 4 rings (SSSR count). The molecule has 2 aromatic carbocycles. The second-order valence-electron chi connectivity index (χ2n) is 7.41. The summed E-state index contributed by atoms with van der Waals surface area (Å²) in [5, 5.41) is 3.12. The van der Waals surface area contributed by atoms with E-state index in [0.29, 0.717) is 13.1 Å². The number of nitrogens with one attached hydrogen (secondary N) is 1. The zero-order valence-electron chi connectivity index (χ0n) is 16.5. The van der Waals surface area contributed by atoms with E-state index in [1.54, 1.807) is 0 Å². The van der Waals surface area contributed by atoms with Crippen molar-refractivity contribution in [3.05, 3.63) is 66.0 Å².